The van der Waals surface area contributed by atoms with Gasteiger partial charge in [0.15, 0.2) is 0 Å². The van der Waals surface area contributed by atoms with Gasteiger partial charge in [-0.15, -0.1) is 12.6 Å². The zero-order valence-corrected chi connectivity index (χ0v) is 7.55. The van der Waals surface area contributed by atoms with E-state index in [1.807, 2.05) is 0 Å². The lowest BCUT2D eigenvalue weighted by atomic mass is 10.1. The fraction of sp³-hybridized carbons (Fsp3) is 0.125. The van der Waals surface area contributed by atoms with Crippen LogP contribution in [0.3, 0.4) is 0 Å². The van der Waals surface area contributed by atoms with Crippen LogP contribution in [0.2, 0.25) is 0 Å². The first-order valence-corrected chi connectivity index (χ1v) is 3.87. The van der Waals surface area contributed by atoms with Crippen LogP contribution in [0.4, 0.5) is 5.69 Å². The highest BCUT2D eigenvalue weighted by molar-refractivity contribution is 7.80. The van der Waals surface area contributed by atoms with Gasteiger partial charge in [0.25, 0.3) is 0 Å². The molecule has 0 atom stereocenters. The molecule has 0 fully saturated rings. The zero-order valence-electron chi connectivity index (χ0n) is 6.65. The molecule has 1 aromatic carbocycles. The first-order valence-electron chi connectivity index (χ1n) is 3.42. The van der Waals surface area contributed by atoms with Crippen molar-refractivity contribution in [1.82, 2.24) is 0 Å². The Bertz CT molecular complexity index is 323. The average molecular weight is 182 g/mol. The molecule has 64 valence electrons. The molecule has 0 spiro atoms. The maximum absolute atomic E-state index is 8.52. The molecule has 1 rings (SSSR count). The average Bonchev–Trinajstić information content (AvgIpc) is 2.08. The van der Waals surface area contributed by atoms with E-state index < -0.39 is 0 Å². The SMILES string of the molecule is C/C(=N/O)c1cc(N)ccc1S. The minimum Gasteiger partial charge on any atom is -0.411 e. The normalized spacial score (nSPS) is 11.7. The molecular formula is C8H10N2OS. The summed E-state index contributed by atoms with van der Waals surface area (Å²) in [5.74, 6) is 0. The number of nitrogens with two attached hydrogens (primary N) is 1. The van der Waals surface area contributed by atoms with Crippen molar-refractivity contribution in [3.63, 3.8) is 0 Å². The molecule has 0 aliphatic carbocycles. The van der Waals surface area contributed by atoms with Gasteiger partial charge in [0.1, 0.15) is 0 Å². The van der Waals surface area contributed by atoms with Gasteiger partial charge in [-0.1, -0.05) is 5.16 Å². The van der Waals surface area contributed by atoms with Crippen molar-refractivity contribution in [2.24, 2.45) is 5.16 Å². The molecule has 0 unspecified atom stereocenters. The standard InChI is InChI=1S/C8H10N2OS/c1-5(10-11)7-4-6(9)2-3-8(7)12/h2-4,11-12H,9H2,1H3/b10-5-. The lowest BCUT2D eigenvalue weighted by Gasteiger charge is -2.03. The highest BCUT2D eigenvalue weighted by Crippen LogP contribution is 2.17. The molecule has 0 saturated carbocycles. The van der Waals surface area contributed by atoms with Gasteiger partial charge in [-0.2, -0.15) is 0 Å². The van der Waals surface area contributed by atoms with E-state index in [9.17, 15) is 0 Å². The lowest BCUT2D eigenvalue weighted by Crippen LogP contribution is -1.97. The van der Waals surface area contributed by atoms with E-state index in [0.717, 1.165) is 10.5 Å². The molecule has 0 saturated heterocycles. The maximum Gasteiger partial charge on any atom is 0.0848 e. The second-order valence-electron chi connectivity index (χ2n) is 2.46. The summed E-state index contributed by atoms with van der Waals surface area (Å²) in [6, 6.07) is 5.23. The summed E-state index contributed by atoms with van der Waals surface area (Å²) >= 11 is 4.19. The van der Waals surface area contributed by atoms with Crippen molar-refractivity contribution in [3.05, 3.63) is 23.8 Å². The first kappa shape index (κ1) is 8.93. The molecule has 0 heterocycles. The van der Waals surface area contributed by atoms with Crippen LogP contribution in [0, 0.1) is 0 Å². The topological polar surface area (TPSA) is 58.6 Å². The van der Waals surface area contributed by atoms with Crippen molar-refractivity contribution in [2.75, 3.05) is 5.73 Å². The Morgan fingerprint density at radius 1 is 1.58 bits per heavy atom. The summed E-state index contributed by atoms with van der Waals surface area (Å²) in [7, 11) is 0. The van der Waals surface area contributed by atoms with Gasteiger partial charge in [-0.25, -0.2) is 0 Å². The number of rotatable bonds is 1. The predicted molar refractivity (Wildman–Crippen MR) is 52.1 cm³/mol. The zero-order chi connectivity index (χ0) is 9.14. The summed E-state index contributed by atoms with van der Waals surface area (Å²) < 4.78 is 0. The molecule has 3 nitrogen and oxygen atoms in total. The second-order valence-corrected chi connectivity index (χ2v) is 2.94. The number of hydrogen-bond donors (Lipinski definition) is 3. The van der Waals surface area contributed by atoms with Crippen LogP contribution in [0.15, 0.2) is 28.3 Å². The molecule has 0 bridgehead atoms. The summed E-state index contributed by atoms with van der Waals surface area (Å²) in [5.41, 5.74) is 7.44. The fourth-order valence-electron chi connectivity index (χ4n) is 0.897. The molecule has 0 radical (unpaired) electrons. The van der Waals surface area contributed by atoms with E-state index in [-0.39, 0.29) is 0 Å². The molecule has 0 aliphatic heterocycles. The van der Waals surface area contributed by atoms with Crippen molar-refractivity contribution in [2.45, 2.75) is 11.8 Å². The first-order chi connectivity index (χ1) is 5.65. The van der Waals surface area contributed by atoms with E-state index >= 15 is 0 Å². The van der Waals surface area contributed by atoms with Crippen LogP contribution in [-0.4, -0.2) is 10.9 Å². The van der Waals surface area contributed by atoms with Crippen LogP contribution in [-0.2, 0) is 0 Å². The maximum atomic E-state index is 8.52. The van der Waals surface area contributed by atoms with Gasteiger partial charge in [0.2, 0.25) is 0 Å². The molecule has 1 aromatic rings. The van der Waals surface area contributed by atoms with E-state index in [2.05, 4.69) is 17.8 Å². The Balaban J connectivity index is 3.23. The number of nitrogens with zero attached hydrogens (tertiary/aromatic N) is 1. The van der Waals surface area contributed by atoms with Crippen LogP contribution < -0.4 is 5.73 Å². The third-order valence-corrected chi connectivity index (χ3v) is 1.95. The lowest BCUT2D eigenvalue weighted by molar-refractivity contribution is 0.319. The van der Waals surface area contributed by atoms with Crippen LogP contribution in [0.25, 0.3) is 0 Å². The largest absolute Gasteiger partial charge is 0.411 e. The predicted octanol–water partition coefficient (Wildman–Crippen LogP) is 1.76. The van der Waals surface area contributed by atoms with Crippen LogP contribution >= 0.6 is 12.6 Å². The Kier molecular flexibility index (Phi) is 2.60. The van der Waals surface area contributed by atoms with Crippen molar-refractivity contribution in [1.29, 1.82) is 0 Å². The van der Waals surface area contributed by atoms with E-state index in [1.54, 1.807) is 25.1 Å². The third-order valence-electron chi connectivity index (χ3n) is 1.56. The number of anilines is 1. The summed E-state index contributed by atoms with van der Waals surface area (Å²) in [4.78, 5) is 0.750. The fourth-order valence-corrected chi connectivity index (χ4v) is 1.20. The van der Waals surface area contributed by atoms with Gasteiger partial charge < -0.3 is 10.9 Å². The molecule has 0 aliphatic rings. The minimum atomic E-state index is 0.507. The number of thiol groups is 1. The molecule has 3 N–H and O–H groups in total. The van der Waals surface area contributed by atoms with Gasteiger partial charge in [0, 0.05) is 16.1 Å². The molecule has 0 amide bonds. The highest BCUT2D eigenvalue weighted by atomic mass is 32.1. The van der Waals surface area contributed by atoms with Crippen molar-refractivity contribution >= 4 is 24.0 Å². The monoisotopic (exact) mass is 182 g/mol. The van der Waals surface area contributed by atoms with E-state index in [1.165, 1.54) is 0 Å². The van der Waals surface area contributed by atoms with Crippen molar-refractivity contribution < 1.29 is 5.21 Å². The smallest absolute Gasteiger partial charge is 0.0848 e. The second kappa shape index (κ2) is 3.49. The summed E-state index contributed by atoms with van der Waals surface area (Å²) in [6.07, 6.45) is 0. The van der Waals surface area contributed by atoms with Crippen LogP contribution in [0.5, 0.6) is 0 Å². The molecule has 12 heavy (non-hydrogen) atoms. The summed E-state index contributed by atoms with van der Waals surface area (Å²) in [6.45, 7) is 1.69. The van der Waals surface area contributed by atoms with E-state index in [0.29, 0.717) is 11.4 Å². The molecule has 4 heteroatoms. The molecular weight excluding hydrogens is 172 g/mol. The Labute approximate surface area is 76.3 Å². The van der Waals surface area contributed by atoms with Crippen molar-refractivity contribution in [3.8, 4) is 0 Å². The van der Waals surface area contributed by atoms with Gasteiger partial charge >= 0.3 is 0 Å². The number of benzene rings is 1. The minimum absolute atomic E-state index is 0.507. The molecule has 0 aromatic heterocycles. The van der Waals surface area contributed by atoms with Gasteiger partial charge in [-0.05, 0) is 25.1 Å². The van der Waals surface area contributed by atoms with Gasteiger partial charge in [-0.3, -0.25) is 0 Å². The van der Waals surface area contributed by atoms with Crippen LogP contribution in [0.1, 0.15) is 12.5 Å². The number of oxime groups is 1. The third kappa shape index (κ3) is 1.71. The highest BCUT2D eigenvalue weighted by Gasteiger charge is 2.02. The Hall–Kier alpha value is -1.16. The quantitative estimate of drug-likeness (QED) is 0.204. The Morgan fingerprint density at radius 2 is 2.25 bits per heavy atom. The van der Waals surface area contributed by atoms with Gasteiger partial charge in [0.05, 0.1) is 5.71 Å². The number of nitrogen functional groups attached to an aromatic ring is 1. The summed E-state index contributed by atoms with van der Waals surface area (Å²) in [5, 5.41) is 11.6. The Morgan fingerprint density at radius 3 is 2.83 bits per heavy atom. The number of hydrogen-bond acceptors (Lipinski definition) is 4. The van der Waals surface area contributed by atoms with E-state index in [4.69, 9.17) is 10.9 Å².